The van der Waals surface area contributed by atoms with Crippen LogP contribution >= 0.6 is 27.5 Å². The van der Waals surface area contributed by atoms with Crippen molar-refractivity contribution in [2.75, 3.05) is 6.61 Å². The molecule has 0 aliphatic rings. The van der Waals surface area contributed by atoms with Gasteiger partial charge < -0.3 is 14.5 Å². The van der Waals surface area contributed by atoms with Gasteiger partial charge in [0.25, 0.3) is 5.91 Å². The number of rotatable bonds is 6. The fourth-order valence-electron chi connectivity index (χ4n) is 1.61. The standard InChI is InChI=1S/C16H13BrClNO4/c17-14-7-5-13(23-14)6-8-16(21)22-10-15(20)19-9-11-1-3-12(18)4-2-11/h1-8H,9-10H2,(H,19,20)/b8-6+. The molecule has 0 aliphatic heterocycles. The van der Waals surface area contributed by atoms with Crippen LogP contribution in [0.15, 0.2) is 51.6 Å². The third-order valence-corrected chi connectivity index (χ3v) is 3.40. The van der Waals surface area contributed by atoms with Crippen LogP contribution in [0.1, 0.15) is 11.3 Å². The van der Waals surface area contributed by atoms with Crippen molar-refractivity contribution in [1.82, 2.24) is 5.32 Å². The number of halogens is 2. The Morgan fingerprint density at radius 2 is 1.96 bits per heavy atom. The third-order valence-electron chi connectivity index (χ3n) is 2.73. The minimum absolute atomic E-state index is 0.337. The maximum absolute atomic E-state index is 11.6. The Hall–Kier alpha value is -2.05. The number of hydrogen-bond acceptors (Lipinski definition) is 4. The molecule has 0 saturated carbocycles. The molecule has 7 heteroatoms. The van der Waals surface area contributed by atoms with Crippen molar-refractivity contribution >= 4 is 45.5 Å². The molecule has 2 aromatic rings. The first-order valence-electron chi connectivity index (χ1n) is 6.64. The lowest BCUT2D eigenvalue weighted by Crippen LogP contribution is -2.28. The Labute approximate surface area is 146 Å². The zero-order valence-corrected chi connectivity index (χ0v) is 14.3. The van der Waals surface area contributed by atoms with Crippen LogP contribution in [0.5, 0.6) is 0 Å². The molecule has 0 atom stereocenters. The number of carbonyl (C=O) groups is 2. The largest absolute Gasteiger partial charge is 0.452 e. The minimum atomic E-state index is -0.626. The quantitative estimate of drug-likeness (QED) is 0.597. The van der Waals surface area contributed by atoms with E-state index in [1.807, 2.05) is 0 Å². The summed E-state index contributed by atoms with van der Waals surface area (Å²) in [5.74, 6) is -0.511. The Balaban J connectivity index is 1.70. The fourth-order valence-corrected chi connectivity index (χ4v) is 2.05. The monoisotopic (exact) mass is 397 g/mol. The van der Waals surface area contributed by atoms with Crippen LogP contribution in [0.25, 0.3) is 6.08 Å². The van der Waals surface area contributed by atoms with Crippen molar-refractivity contribution < 1.29 is 18.7 Å². The summed E-state index contributed by atoms with van der Waals surface area (Å²) in [5.41, 5.74) is 0.900. The lowest BCUT2D eigenvalue weighted by Gasteiger charge is -2.05. The van der Waals surface area contributed by atoms with Gasteiger partial charge in [0.15, 0.2) is 11.3 Å². The van der Waals surface area contributed by atoms with Gasteiger partial charge in [-0.1, -0.05) is 23.7 Å². The molecule has 0 unspecified atom stereocenters. The van der Waals surface area contributed by atoms with Gasteiger partial charge in [0.1, 0.15) is 5.76 Å². The second kappa shape index (κ2) is 8.55. The van der Waals surface area contributed by atoms with E-state index in [2.05, 4.69) is 21.2 Å². The SMILES string of the molecule is O=C(COC(=O)/C=C/c1ccc(Br)o1)NCc1ccc(Cl)cc1. The maximum atomic E-state index is 11.6. The van der Waals surface area contributed by atoms with Gasteiger partial charge in [0.2, 0.25) is 0 Å². The Morgan fingerprint density at radius 3 is 2.61 bits per heavy atom. The van der Waals surface area contributed by atoms with E-state index in [4.69, 9.17) is 20.8 Å². The van der Waals surface area contributed by atoms with Gasteiger partial charge in [-0.3, -0.25) is 4.79 Å². The van der Waals surface area contributed by atoms with Crippen LogP contribution in [-0.4, -0.2) is 18.5 Å². The highest BCUT2D eigenvalue weighted by Crippen LogP contribution is 2.15. The molecule has 1 N–H and O–H groups in total. The summed E-state index contributed by atoms with van der Waals surface area (Å²) in [6.07, 6.45) is 2.65. The van der Waals surface area contributed by atoms with Crippen molar-refractivity contribution in [3.05, 3.63) is 63.5 Å². The molecule has 0 spiro atoms. The Bertz CT molecular complexity index is 709. The van der Waals surface area contributed by atoms with Crippen LogP contribution in [0.3, 0.4) is 0 Å². The van der Waals surface area contributed by atoms with E-state index in [-0.39, 0.29) is 12.5 Å². The van der Waals surface area contributed by atoms with E-state index >= 15 is 0 Å². The van der Waals surface area contributed by atoms with Crippen LogP contribution in [0.4, 0.5) is 0 Å². The lowest BCUT2D eigenvalue weighted by molar-refractivity contribution is -0.143. The molecular formula is C16H13BrClNO4. The number of benzene rings is 1. The highest BCUT2D eigenvalue weighted by molar-refractivity contribution is 9.10. The van der Waals surface area contributed by atoms with Crippen molar-refractivity contribution in [3.63, 3.8) is 0 Å². The van der Waals surface area contributed by atoms with Gasteiger partial charge in [-0.25, -0.2) is 4.79 Å². The molecule has 2 rings (SSSR count). The number of nitrogens with one attached hydrogen (secondary N) is 1. The summed E-state index contributed by atoms with van der Waals surface area (Å²) in [4.78, 5) is 23.1. The van der Waals surface area contributed by atoms with Gasteiger partial charge in [0, 0.05) is 17.6 Å². The van der Waals surface area contributed by atoms with Gasteiger partial charge in [-0.2, -0.15) is 0 Å². The first kappa shape index (κ1) is 17.3. The van der Waals surface area contributed by atoms with Crippen LogP contribution in [0, 0.1) is 0 Å². The predicted molar refractivity (Wildman–Crippen MR) is 89.7 cm³/mol. The second-order valence-corrected chi connectivity index (χ2v) is 5.70. The fraction of sp³-hybridized carbons (Fsp3) is 0.125. The molecule has 1 aromatic heterocycles. The van der Waals surface area contributed by atoms with Gasteiger partial charge in [0.05, 0.1) is 0 Å². The van der Waals surface area contributed by atoms with Gasteiger partial charge >= 0.3 is 5.97 Å². The van der Waals surface area contributed by atoms with E-state index in [0.29, 0.717) is 22.0 Å². The zero-order chi connectivity index (χ0) is 16.7. The molecule has 0 fully saturated rings. The molecule has 1 aromatic carbocycles. The average Bonchev–Trinajstić information content (AvgIpc) is 2.96. The minimum Gasteiger partial charge on any atom is -0.452 e. The number of hydrogen-bond donors (Lipinski definition) is 1. The summed E-state index contributed by atoms with van der Waals surface area (Å²) >= 11 is 8.93. The van der Waals surface area contributed by atoms with Gasteiger partial charge in [-0.15, -0.1) is 0 Å². The molecule has 1 heterocycles. The number of carbonyl (C=O) groups excluding carboxylic acids is 2. The molecule has 0 radical (unpaired) electrons. The summed E-state index contributed by atoms with van der Waals surface area (Å²) in [5, 5.41) is 3.27. The first-order chi connectivity index (χ1) is 11.0. The smallest absolute Gasteiger partial charge is 0.331 e. The van der Waals surface area contributed by atoms with E-state index in [1.54, 1.807) is 36.4 Å². The number of amides is 1. The highest BCUT2D eigenvalue weighted by atomic mass is 79.9. The van der Waals surface area contributed by atoms with E-state index < -0.39 is 5.97 Å². The number of furan rings is 1. The first-order valence-corrected chi connectivity index (χ1v) is 7.81. The van der Waals surface area contributed by atoms with Crippen molar-refractivity contribution in [2.24, 2.45) is 0 Å². The molecule has 0 saturated heterocycles. The summed E-state index contributed by atoms with van der Waals surface area (Å²) in [7, 11) is 0. The van der Waals surface area contributed by atoms with Crippen molar-refractivity contribution in [1.29, 1.82) is 0 Å². The maximum Gasteiger partial charge on any atom is 0.331 e. The van der Waals surface area contributed by atoms with Crippen LogP contribution in [0.2, 0.25) is 5.02 Å². The lowest BCUT2D eigenvalue weighted by atomic mass is 10.2. The average molecular weight is 399 g/mol. The predicted octanol–water partition coefficient (Wildman–Crippen LogP) is 3.57. The molecule has 23 heavy (non-hydrogen) atoms. The van der Waals surface area contributed by atoms with Crippen molar-refractivity contribution in [2.45, 2.75) is 6.54 Å². The van der Waals surface area contributed by atoms with Crippen LogP contribution < -0.4 is 5.32 Å². The molecule has 120 valence electrons. The topological polar surface area (TPSA) is 68.5 Å². The molecule has 5 nitrogen and oxygen atoms in total. The third kappa shape index (κ3) is 6.30. The Morgan fingerprint density at radius 1 is 1.22 bits per heavy atom. The summed E-state index contributed by atoms with van der Waals surface area (Å²) in [6.45, 7) is -0.0115. The highest BCUT2D eigenvalue weighted by Gasteiger charge is 2.05. The van der Waals surface area contributed by atoms with E-state index in [1.165, 1.54) is 12.2 Å². The summed E-state index contributed by atoms with van der Waals surface area (Å²) in [6, 6.07) is 10.5. The zero-order valence-electron chi connectivity index (χ0n) is 11.9. The molecule has 1 amide bonds. The second-order valence-electron chi connectivity index (χ2n) is 4.49. The summed E-state index contributed by atoms with van der Waals surface area (Å²) < 4.78 is 10.6. The van der Waals surface area contributed by atoms with E-state index in [9.17, 15) is 9.59 Å². The van der Waals surface area contributed by atoms with Gasteiger partial charge in [-0.05, 0) is 51.8 Å². The normalized spacial score (nSPS) is 10.7. The molecular weight excluding hydrogens is 386 g/mol. The van der Waals surface area contributed by atoms with Crippen LogP contribution in [-0.2, 0) is 20.9 Å². The Kier molecular flexibility index (Phi) is 6.43. The van der Waals surface area contributed by atoms with Crippen molar-refractivity contribution in [3.8, 4) is 0 Å². The van der Waals surface area contributed by atoms with E-state index in [0.717, 1.165) is 5.56 Å². The number of esters is 1. The molecule has 0 bridgehead atoms. The molecule has 0 aliphatic carbocycles. The number of ether oxygens (including phenoxy) is 1.